The van der Waals surface area contributed by atoms with Crippen molar-refractivity contribution in [3.8, 4) is 21.8 Å². The molecular weight excluding hydrogens is 556 g/mol. The normalized spacial score (nSPS) is 16.4. The number of benzene rings is 1. The number of aryl methyl sites for hydroxylation is 2. The van der Waals surface area contributed by atoms with Crippen molar-refractivity contribution in [2.75, 3.05) is 32.2 Å². The fourth-order valence-corrected chi connectivity index (χ4v) is 7.32. The van der Waals surface area contributed by atoms with Crippen LogP contribution in [0.4, 0.5) is 0 Å². The number of morpholine rings is 1. The molecule has 0 bridgehead atoms. The lowest BCUT2D eigenvalue weighted by atomic mass is 9.83. The standard InChI is InChI=1S/C32H35ClN4O3S/c1-20-32(41-21(2)34-20)27-11-8-23-16-24(9-10-26(23)35-27)31-25(22-6-4-3-5-7-22)17-28(29(38)18-33)37(31)19-30(39)36-12-14-40-15-13-36/h8-11,16-17,22H,3-7,12-15,18-19H2,1-2H3. The first-order chi connectivity index (χ1) is 19.9. The number of halogens is 1. The van der Waals surface area contributed by atoms with Gasteiger partial charge in [-0.25, -0.2) is 9.97 Å². The van der Waals surface area contributed by atoms with E-state index in [1.54, 1.807) is 11.3 Å². The topological polar surface area (TPSA) is 77.3 Å². The van der Waals surface area contributed by atoms with Crippen LogP contribution in [0.3, 0.4) is 0 Å². The molecule has 0 atom stereocenters. The fourth-order valence-electron chi connectivity index (χ4n) is 6.30. The average Bonchev–Trinajstić information content (AvgIpc) is 3.55. The number of fused-ring (bicyclic) bond motifs is 1. The lowest BCUT2D eigenvalue weighted by Crippen LogP contribution is -2.42. The number of hydrogen-bond acceptors (Lipinski definition) is 6. The van der Waals surface area contributed by atoms with Gasteiger partial charge in [0.05, 0.1) is 57.3 Å². The summed E-state index contributed by atoms with van der Waals surface area (Å²) in [4.78, 5) is 39.1. The van der Waals surface area contributed by atoms with E-state index in [-0.39, 0.29) is 24.1 Å². The number of aromatic nitrogens is 3. The Morgan fingerprint density at radius 3 is 2.51 bits per heavy atom. The van der Waals surface area contributed by atoms with E-state index in [0.717, 1.165) is 61.8 Å². The third kappa shape index (κ3) is 5.70. The van der Waals surface area contributed by atoms with Crippen molar-refractivity contribution < 1.29 is 14.3 Å². The van der Waals surface area contributed by atoms with Gasteiger partial charge in [0.25, 0.3) is 0 Å². The molecule has 1 saturated carbocycles. The smallest absolute Gasteiger partial charge is 0.242 e. The van der Waals surface area contributed by atoms with Gasteiger partial charge in [-0.15, -0.1) is 22.9 Å². The quantitative estimate of drug-likeness (QED) is 0.175. The minimum absolute atomic E-state index is 0.00807. The first-order valence-electron chi connectivity index (χ1n) is 14.5. The second kappa shape index (κ2) is 12.0. The number of rotatable bonds is 7. The van der Waals surface area contributed by atoms with Crippen molar-refractivity contribution in [2.45, 2.75) is 58.4 Å². The maximum absolute atomic E-state index is 13.5. The predicted molar refractivity (Wildman–Crippen MR) is 164 cm³/mol. The minimum atomic E-state index is -0.160. The molecular formula is C32H35ClN4O3S. The summed E-state index contributed by atoms with van der Waals surface area (Å²) in [6.07, 6.45) is 5.73. The minimum Gasteiger partial charge on any atom is -0.378 e. The highest BCUT2D eigenvalue weighted by Gasteiger charge is 2.29. The highest BCUT2D eigenvalue weighted by atomic mass is 35.5. The van der Waals surface area contributed by atoms with Gasteiger partial charge in [-0.3, -0.25) is 9.59 Å². The molecule has 1 aliphatic heterocycles. The Balaban J connectivity index is 1.46. The van der Waals surface area contributed by atoms with Gasteiger partial charge in [-0.1, -0.05) is 31.4 Å². The molecule has 7 nitrogen and oxygen atoms in total. The zero-order valence-corrected chi connectivity index (χ0v) is 25.2. The van der Waals surface area contributed by atoms with Crippen LogP contribution in [0.1, 0.15) is 64.8 Å². The maximum Gasteiger partial charge on any atom is 0.242 e. The summed E-state index contributed by atoms with van der Waals surface area (Å²) in [5.41, 5.74) is 6.41. The summed E-state index contributed by atoms with van der Waals surface area (Å²) in [6, 6.07) is 12.4. The maximum atomic E-state index is 13.5. The molecule has 0 unspecified atom stereocenters. The van der Waals surface area contributed by atoms with E-state index in [4.69, 9.17) is 21.3 Å². The first kappa shape index (κ1) is 28.1. The summed E-state index contributed by atoms with van der Waals surface area (Å²) in [6.45, 7) is 6.32. The summed E-state index contributed by atoms with van der Waals surface area (Å²) >= 11 is 7.76. The monoisotopic (exact) mass is 590 g/mol. The number of carbonyl (C=O) groups is 2. The summed E-state index contributed by atoms with van der Waals surface area (Å²) in [5, 5.41) is 2.04. The SMILES string of the molecule is Cc1nc(C)c(-c2ccc3cc(-c4c(C5CCCCC5)cc(C(=O)CCl)n4CC(=O)N4CCOCC4)ccc3n2)s1. The number of Topliss-reactive ketones (excluding diaryl/α,β-unsaturated/α-hetero) is 1. The first-order valence-corrected chi connectivity index (χ1v) is 15.8. The zero-order chi connectivity index (χ0) is 28.5. The number of amides is 1. The summed E-state index contributed by atoms with van der Waals surface area (Å²) in [7, 11) is 0. The summed E-state index contributed by atoms with van der Waals surface area (Å²) < 4.78 is 7.39. The number of hydrogen-bond donors (Lipinski definition) is 0. The molecule has 9 heteroatoms. The molecule has 41 heavy (non-hydrogen) atoms. The lowest BCUT2D eigenvalue weighted by molar-refractivity contribution is -0.135. The molecule has 0 spiro atoms. The van der Waals surface area contributed by atoms with Crippen LogP contribution in [0.25, 0.3) is 32.7 Å². The number of alkyl halides is 1. The van der Waals surface area contributed by atoms with Crippen LogP contribution in [0.2, 0.25) is 0 Å². The van der Waals surface area contributed by atoms with Crippen LogP contribution in [-0.2, 0) is 16.1 Å². The molecule has 2 fully saturated rings. The van der Waals surface area contributed by atoms with Crippen LogP contribution in [-0.4, -0.2) is 63.3 Å². The van der Waals surface area contributed by atoms with E-state index in [1.807, 2.05) is 35.4 Å². The molecule has 4 heterocycles. The number of ether oxygens (including phenoxy) is 1. The van der Waals surface area contributed by atoms with Gasteiger partial charge in [-0.05, 0) is 68.0 Å². The molecule has 6 rings (SSSR count). The van der Waals surface area contributed by atoms with Crippen LogP contribution >= 0.6 is 22.9 Å². The van der Waals surface area contributed by atoms with Gasteiger partial charge >= 0.3 is 0 Å². The largest absolute Gasteiger partial charge is 0.378 e. The van der Waals surface area contributed by atoms with Crippen molar-refractivity contribution in [3.05, 3.63) is 58.4 Å². The van der Waals surface area contributed by atoms with E-state index in [1.165, 1.54) is 19.3 Å². The highest BCUT2D eigenvalue weighted by molar-refractivity contribution is 7.15. The van der Waals surface area contributed by atoms with E-state index in [0.29, 0.717) is 37.9 Å². The van der Waals surface area contributed by atoms with E-state index in [2.05, 4.69) is 29.2 Å². The van der Waals surface area contributed by atoms with Crippen LogP contribution < -0.4 is 0 Å². The van der Waals surface area contributed by atoms with E-state index < -0.39 is 0 Å². The van der Waals surface area contributed by atoms with Gasteiger partial charge in [0.15, 0.2) is 5.78 Å². The third-order valence-corrected chi connectivity index (χ3v) is 9.67. The number of ketones is 1. The zero-order valence-electron chi connectivity index (χ0n) is 23.6. The van der Waals surface area contributed by atoms with Crippen molar-refractivity contribution in [1.29, 1.82) is 0 Å². The number of pyridine rings is 1. The number of carbonyl (C=O) groups excluding carboxylic acids is 2. The lowest BCUT2D eigenvalue weighted by Gasteiger charge is -2.28. The molecule has 214 valence electrons. The van der Waals surface area contributed by atoms with Crippen LogP contribution in [0.5, 0.6) is 0 Å². The Hall–Kier alpha value is -3.07. The van der Waals surface area contributed by atoms with Gasteiger partial charge in [0.2, 0.25) is 5.91 Å². The van der Waals surface area contributed by atoms with Gasteiger partial charge in [-0.2, -0.15) is 0 Å². The fraction of sp³-hybridized carbons (Fsp3) is 0.438. The molecule has 1 aromatic carbocycles. The Morgan fingerprint density at radius 2 is 1.80 bits per heavy atom. The Labute approximate surface area is 249 Å². The van der Waals surface area contributed by atoms with Gasteiger partial charge in [0.1, 0.15) is 6.54 Å². The average molecular weight is 591 g/mol. The molecule has 1 amide bonds. The summed E-state index contributed by atoms with van der Waals surface area (Å²) in [5.74, 6) is 0.0488. The van der Waals surface area contributed by atoms with Gasteiger partial charge < -0.3 is 14.2 Å². The molecule has 0 radical (unpaired) electrons. The van der Waals surface area contributed by atoms with E-state index >= 15 is 0 Å². The third-order valence-electron chi connectivity index (χ3n) is 8.33. The van der Waals surface area contributed by atoms with E-state index in [9.17, 15) is 9.59 Å². The molecule has 1 saturated heterocycles. The Bertz CT molecular complexity index is 1600. The second-order valence-corrected chi connectivity index (χ2v) is 12.5. The molecule has 0 N–H and O–H groups in total. The second-order valence-electron chi connectivity index (χ2n) is 11.1. The van der Waals surface area contributed by atoms with Crippen molar-refractivity contribution in [1.82, 2.24) is 19.4 Å². The van der Waals surface area contributed by atoms with Crippen LogP contribution in [0, 0.1) is 13.8 Å². The van der Waals surface area contributed by atoms with Crippen molar-refractivity contribution >= 4 is 45.5 Å². The van der Waals surface area contributed by atoms with Gasteiger partial charge in [0, 0.05) is 18.5 Å². The van der Waals surface area contributed by atoms with Crippen LogP contribution in [0.15, 0.2) is 36.4 Å². The molecule has 3 aromatic heterocycles. The molecule has 1 aliphatic carbocycles. The Kier molecular flexibility index (Phi) is 8.24. The Morgan fingerprint density at radius 1 is 1.02 bits per heavy atom. The molecule has 2 aliphatic rings. The number of nitrogens with zero attached hydrogens (tertiary/aromatic N) is 4. The van der Waals surface area contributed by atoms with Crippen molar-refractivity contribution in [2.24, 2.45) is 0 Å². The van der Waals surface area contributed by atoms with Crippen molar-refractivity contribution in [3.63, 3.8) is 0 Å². The molecule has 4 aromatic rings. The highest BCUT2D eigenvalue weighted by Crippen LogP contribution is 2.41. The number of thiazole rings is 1. The predicted octanol–water partition coefficient (Wildman–Crippen LogP) is 6.77.